The minimum atomic E-state index is -1.05. The molecule has 1 saturated heterocycles. The standard InChI is InChI=1S/C42H54ClN3O4/c1-28(27-49-38-15-20-44-37-12-6-8-29(2)39(37)38)22-31-23-30-13-14-34(50-35-11-4-5-21-46(3)26-35)25-36(30)41(31)16-18-42(19-17-41,40(47)48)45-33-10-7-9-32(43)24-33/h7,9-10,13-15,20,24-25,28-29,31,35,45H,4-6,8,11-12,16-19,21-23,26-27H2,1-3H3,(H,47,48)/t28-,29-,31?,35?,41?,42?/m1/s1. The van der Waals surface area contributed by atoms with Crippen LogP contribution in [0.1, 0.15) is 106 Å². The summed E-state index contributed by atoms with van der Waals surface area (Å²) in [5.41, 5.74) is 4.83. The zero-order valence-electron chi connectivity index (χ0n) is 30.1. The van der Waals surface area contributed by atoms with Gasteiger partial charge in [-0.05, 0) is 161 Å². The van der Waals surface area contributed by atoms with Crippen molar-refractivity contribution < 1.29 is 19.4 Å². The Bertz CT molecular complexity index is 1670. The van der Waals surface area contributed by atoms with Crippen LogP contribution in [0.4, 0.5) is 5.69 Å². The molecule has 1 aliphatic heterocycles. The first-order chi connectivity index (χ1) is 24.1. The molecule has 2 fully saturated rings. The molecule has 50 heavy (non-hydrogen) atoms. The highest BCUT2D eigenvalue weighted by Crippen LogP contribution is 2.57. The van der Waals surface area contributed by atoms with Crippen LogP contribution >= 0.6 is 11.6 Å². The normalized spacial score (nSPS) is 28.7. The molecule has 0 bridgehead atoms. The van der Waals surface area contributed by atoms with Crippen molar-refractivity contribution in [3.63, 3.8) is 0 Å². The number of pyridine rings is 1. The van der Waals surface area contributed by atoms with E-state index in [9.17, 15) is 9.90 Å². The number of ether oxygens (including phenoxy) is 2. The number of hydrogen-bond donors (Lipinski definition) is 2. The Morgan fingerprint density at radius 3 is 2.74 bits per heavy atom. The van der Waals surface area contributed by atoms with Gasteiger partial charge in [-0.15, -0.1) is 0 Å². The van der Waals surface area contributed by atoms with Crippen LogP contribution in [0.15, 0.2) is 54.7 Å². The van der Waals surface area contributed by atoms with Crippen molar-refractivity contribution in [3.05, 3.63) is 82.1 Å². The summed E-state index contributed by atoms with van der Waals surface area (Å²) in [6, 6.07) is 16.3. The number of aliphatic carboxylic acids is 1. The monoisotopic (exact) mass is 699 g/mol. The number of nitrogens with zero attached hydrogens (tertiary/aromatic N) is 2. The van der Waals surface area contributed by atoms with Gasteiger partial charge < -0.3 is 24.8 Å². The van der Waals surface area contributed by atoms with E-state index in [1.165, 1.54) is 48.1 Å². The maximum Gasteiger partial charge on any atom is 0.329 e. The van der Waals surface area contributed by atoms with Crippen molar-refractivity contribution in [1.82, 2.24) is 9.88 Å². The lowest BCUT2D eigenvalue weighted by molar-refractivity contribution is -0.144. The number of rotatable bonds is 10. The van der Waals surface area contributed by atoms with Gasteiger partial charge in [-0.3, -0.25) is 4.98 Å². The molecule has 3 aliphatic carbocycles. The number of aromatic nitrogens is 1. The molecule has 2 aromatic carbocycles. The molecule has 2 unspecified atom stereocenters. The number of likely N-dealkylation sites (N-methyl/N-ethyl adjacent to an activating group) is 1. The molecule has 1 saturated carbocycles. The number of halogens is 1. The Hall–Kier alpha value is -3.29. The van der Waals surface area contributed by atoms with Crippen LogP contribution in [-0.4, -0.2) is 59.3 Å². The zero-order chi connectivity index (χ0) is 34.9. The van der Waals surface area contributed by atoms with Gasteiger partial charge in [0.25, 0.3) is 0 Å². The van der Waals surface area contributed by atoms with Crippen LogP contribution in [0.5, 0.6) is 11.5 Å². The number of carboxylic acid groups (broad SMARTS) is 1. The number of fused-ring (bicyclic) bond motifs is 3. The van der Waals surface area contributed by atoms with Gasteiger partial charge in [0.1, 0.15) is 23.1 Å². The van der Waals surface area contributed by atoms with Gasteiger partial charge in [0, 0.05) is 34.7 Å². The van der Waals surface area contributed by atoms with Crippen LogP contribution in [0.2, 0.25) is 5.02 Å². The van der Waals surface area contributed by atoms with Gasteiger partial charge in [0.15, 0.2) is 0 Å². The van der Waals surface area contributed by atoms with Crippen molar-refractivity contribution in [2.24, 2.45) is 11.8 Å². The predicted octanol–water partition coefficient (Wildman–Crippen LogP) is 9.06. The molecule has 0 radical (unpaired) electrons. The van der Waals surface area contributed by atoms with Crippen LogP contribution in [0.3, 0.4) is 0 Å². The molecule has 1 spiro atoms. The predicted molar refractivity (Wildman–Crippen MR) is 200 cm³/mol. The Kier molecular flexibility index (Phi) is 10.4. The number of hydrogen-bond acceptors (Lipinski definition) is 6. The van der Waals surface area contributed by atoms with E-state index in [1.54, 1.807) is 0 Å². The van der Waals surface area contributed by atoms with E-state index in [0.717, 1.165) is 68.8 Å². The van der Waals surface area contributed by atoms with E-state index in [0.29, 0.717) is 42.2 Å². The number of carbonyl (C=O) groups is 1. The smallest absolute Gasteiger partial charge is 0.329 e. The van der Waals surface area contributed by atoms with Gasteiger partial charge in [-0.25, -0.2) is 4.79 Å². The lowest BCUT2D eigenvalue weighted by Crippen LogP contribution is -2.53. The molecule has 3 aromatic rings. The van der Waals surface area contributed by atoms with E-state index in [1.807, 2.05) is 36.5 Å². The van der Waals surface area contributed by atoms with E-state index in [4.69, 9.17) is 21.1 Å². The first-order valence-electron chi connectivity index (χ1n) is 19.0. The third-order valence-corrected chi connectivity index (χ3v) is 12.6. The first-order valence-corrected chi connectivity index (χ1v) is 19.4. The maximum atomic E-state index is 13.0. The fourth-order valence-electron chi connectivity index (χ4n) is 9.72. The van der Waals surface area contributed by atoms with Crippen molar-refractivity contribution in [2.45, 2.75) is 114 Å². The van der Waals surface area contributed by atoms with E-state index in [2.05, 4.69) is 54.3 Å². The third-order valence-electron chi connectivity index (χ3n) is 12.4. The molecule has 1 aromatic heterocycles. The number of aryl methyl sites for hydroxylation is 1. The average Bonchev–Trinajstić information content (AvgIpc) is 3.21. The van der Waals surface area contributed by atoms with Gasteiger partial charge >= 0.3 is 5.97 Å². The molecule has 2 heterocycles. The molecule has 268 valence electrons. The van der Waals surface area contributed by atoms with Gasteiger partial charge in [-0.2, -0.15) is 0 Å². The van der Waals surface area contributed by atoms with Gasteiger partial charge in [0.05, 0.1) is 6.61 Å². The fraction of sp³-hybridized carbons (Fsp3) is 0.571. The molecule has 7 rings (SSSR count). The molecular formula is C42H54ClN3O4. The average molecular weight is 700 g/mol. The minimum absolute atomic E-state index is 0.123. The van der Waals surface area contributed by atoms with Crippen LogP contribution < -0.4 is 14.8 Å². The Morgan fingerprint density at radius 2 is 1.94 bits per heavy atom. The summed E-state index contributed by atoms with van der Waals surface area (Å²) in [6.45, 7) is 7.33. The molecule has 0 amide bonds. The van der Waals surface area contributed by atoms with Crippen molar-refractivity contribution >= 4 is 23.3 Å². The maximum absolute atomic E-state index is 13.0. The molecule has 8 heteroatoms. The Labute approximate surface area is 303 Å². The molecule has 7 nitrogen and oxygen atoms in total. The SMILES string of the molecule is C[C@@H](COc1ccnc2c1[C@H](C)CCC2)CC1Cc2ccc(OC3CCCCN(C)C3)cc2C12CCC(Nc1cccc(Cl)c1)(C(=O)O)CC2. The van der Waals surface area contributed by atoms with Crippen molar-refractivity contribution in [1.29, 1.82) is 0 Å². The second kappa shape index (κ2) is 14.7. The number of carboxylic acids is 1. The van der Waals surface area contributed by atoms with Crippen LogP contribution in [0.25, 0.3) is 0 Å². The Morgan fingerprint density at radius 1 is 1.10 bits per heavy atom. The summed E-state index contributed by atoms with van der Waals surface area (Å²) in [5, 5.41) is 14.7. The summed E-state index contributed by atoms with van der Waals surface area (Å²) in [6.07, 6.45) is 13.6. The minimum Gasteiger partial charge on any atom is -0.493 e. The lowest BCUT2D eigenvalue weighted by Gasteiger charge is -2.47. The van der Waals surface area contributed by atoms with Crippen molar-refractivity contribution in [2.75, 3.05) is 32.1 Å². The lowest BCUT2D eigenvalue weighted by atomic mass is 9.59. The summed E-state index contributed by atoms with van der Waals surface area (Å²) in [5.74, 6) is 2.34. The highest BCUT2D eigenvalue weighted by Gasteiger charge is 2.54. The second-order valence-corrected chi connectivity index (χ2v) is 16.4. The molecule has 4 atom stereocenters. The third kappa shape index (κ3) is 7.23. The topological polar surface area (TPSA) is 83.9 Å². The zero-order valence-corrected chi connectivity index (χ0v) is 30.8. The number of nitrogens with one attached hydrogen (secondary N) is 1. The largest absolute Gasteiger partial charge is 0.493 e. The first kappa shape index (κ1) is 35.1. The van der Waals surface area contributed by atoms with Crippen molar-refractivity contribution in [3.8, 4) is 11.5 Å². The highest BCUT2D eigenvalue weighted by molar-refractivity contribution is 6.30. The number of anilines is 1. The molecule has 2 N–H and O–H groups in total. The highest BCUT2D eigenvalue weighted by atomic mass is 35.5. The van der Waals surface area contributed by atoms with Crippen LogP contribution in [-0.2, 0) is 23.1 Å². The summed E-state index contributed by atoms with van der Waals surface area (Å²) < 4.78 is 13.3. The molecule has 4 aliphatic rings. The summed E-state index contributed by atoms with van der Waals surface area (Å²) in [4.78, 5) is 20.1. The summed E-state index contributed by atoms with van der Waals surface area (Å²) >= 11 is 6.30. The van der Waals surface area contributed by atoms with E-state index >= 15 is 0 Å². The second-order valence-electron chi connectivity index (χ2n) is 16.0. The fourth-order valence-corrected chi connectivity index (χ4v) is 9.91. The Balaban J connectivity index is 1.13. The van der Waals surface area contributed by atoms with Gasteiger partial charge in [0.2, 0.25) is 0 Å². The quantitative estimate of drug-likeness (QED) is 0.218. The summed E-state index contributed by atoms with van der Waals surface area (Å²) in [7, 11) is 2.19. The van der Waals surface area contributed by atoms with Crippen LogP contribution in [0, 0.1) is 11.8 Å². The van der Waals surface area contributed by atoms with Gasteiger partial charge in [-0.1, -0.05) is 37.6 Å². The number of likely N-dealkylation sites (tertiary alicyclic amines) is 1. The molecular weight excluding hydrogens is 646 g/mol. The number of benzene rings is 2. The van der Waals surface area contributed by atoms with E-state index in [-0.39, 0.29) is 11.5 Å². The van der Waals surface area contributed by atoms with E-state index < -0.39 is 11.5 Å².